The molecule has 0 radical (unpaired) electrons. The van der Waals surface area contributed by atoms with Crippen LogP contribution in [0.4, 0.5) is 8.78 Å². The third-order valence-corrected chi connectivity index (χ3v) is 2.41. The van der Waals surface area contributed by atoms with Crippen LogP contribution < -0.4 is 5.32 Å². The predicted octanol–water partition coefficient (Wildman–Crippen LogP) is 1.87. The Labute approximate surface area is 94.3 Å². The molecule has 1 aromatic rings. The van der Waals surface area contributed by atoms with E-state index in [1.165, 1.54) is 12.1 Å². The number of aliphatic hydroxyl groups excluding tert-OH is 1. The van der Waals surface area contributed by atoms with Crippen molar-refractivity contribution >= 4 is 0 Å². The summed E-state index contributed by atoms with van der Waals surface area (Å²) in [5, 5.41) is 12.1. The minimum absolute atomic E-state index is 0.0128. The highest BCUT2D eigenvalue weighted by atomic mass is 19.1. The summed E-state index contributed by atoms with van der Waals surface area (Å²) in [6, 6.07) is 3.57. The van der Waals surface area contributed by atoms with Gasteiger partial charge in [-0.05, 0) is 38.4 Å². The SMILES string of the molecule is CC(C)(CO)NCCc1ccc(F)cc1F. The average molecular weight is 229 g/mol. The largest absolute Gasteiger partial charge is 0.394 e. The topological polar surface area (TPSA) is 32.3 Å². The molecule has 0 aliphatic carbocycles. The Kier molecular flexibility index (Phi) is 4.38. The van der Waals surface area contributed by atoms with Gasteiger partial charge in [0.1, 0.15) is 11.6 Å². The van der Waals surface area contributed by atoms with Crippen LogP contribution in [0.15, 0.2) is 18.2 Å². The molecule has 16 heavy (non-hydrogen) atoms. The molecule has 0 amide bonds. The second kappa shape index (κ2) is 5.37. The van der Waals surface area contributed by atoms with Crippen LogP contribution in [0, 0.1) is 11.6 Å². The van der Waals surface area contributed by atoms with Gasteiger partial charge in [-0.1, -0.05) is 6.07 Å². The first-order valence-electron chi connectivity index (χ1n) is 5.24. The van der Waals surface area contributed by atoms with Gasteiger partial charge in [0.05, 0.1) is 6.61 Å². The molecule has 2 nitrogen and oxygen atoms in total. The summed E-state index contributed by atoms with van der Waals surface area (Å²) in [7, 11) is 0. The van der Waals surface area contributed by atoms with Gasteiger partial charge in [-0.15, -0.1) is 0 Å². The molecule has 2 N–H and O–H groups in total. The van der Waals surface area contributed by atoms with Crippen molar-refractivity contribution in [3.05, 3.63) is 35.4 Å². The lowest BCUT2D eigenvalue weighted by Crippen LogP contribution is -2.43. The van der Waals surface area contributed by atoms with E-state index >= 15 is 0 Å². The Bertz CT molecular complexity index is 353. The number of benzene rings is 1. The summed E-state index contributed by atoms with van der Waals surface area (Å²) in [6.45, 7) is 4.26. The van der Waals surface area contributed by atoms with E-state index in [-0.39, 0.29) is 12.1 Å². The molecule has 0 fully saturated rings. The second-order valence-electron chi connectivity index (χ2n) is 4.45. The molecular weight excluding hydrogens is 212 g/mol. The fourth-order valence-corrected chi connectivity index (χ4v) is 1.32. The monoisotopic (exact) mass is 229 g/mol. The normalized spacial score (nSPS) is 11.8. The number of hydrogen-bond acceptors (Lipinski definition) is 2. The van der Waals surface area contributed by atoms with Crippen LogP contribution in [0.25, 0.3) is 0 Å². The summed E-state index contributed by atoms with van der Waals surface area (Å²) in [5.41, 5.74) is 0.0962. The van der Waals surface area contributed by atoms with E-state index in [4.69, 9.17) is 5.11 Å². The Morgan fingerprint density at radius 1 is 1.31 bits per heavy atom. The third-order valence-electron chi connectivity index (χ3n) is 2.41. The smallest absolute Gasteiger partial charge is 0.129 e. The standard InChI is InChI=1S/C12H17F2NO/c1-12(2,8-16)15-6-5-9-3-4-10(13)7-11(9)14/h3-4,7,15-16H,5-6,8H2,1-2H3. The molecule has 90 valence electrons. The molecule has 0 heterocycles. The van der Waals surface area contributed by atoms with Crippen LogP contribution in [0.5, 0.6) is 0 Å². The van der Waals surface area contributed by atoms with Crippen molar-refractivity contribution in [1.29, 1.82) is 0 Å². The van der Waals surface area contributed by atoms with Crippen molar-refractivity contribution in [2.75, 3.05) is 13.2 Å². The number of nitrogens with one attached hydrogen (secondary N) is 1. The maximum atomic E-state index is 13.2. The van der Waals surface area contributed by atoms with E-state index in [1.54, 1.807) is 0 Å². The van der Waals surface area contributed by atoms with Crippen LogP contribution in [-0.4, -0.2) is 23.8 Å². The van der Waals surface area contributed by atoms with Crippen LogP contribution in [0.3, 0.4) is 0 Å². The fraction of sp³-hybridized carbons (Fsp3) is 0.500. The lowest BCUT2D eigenvalue weighted by Gasteiger charge is -2.23. The molecule has 0 saturated heterocycles. The van der Waals surface area contributed by atoms with Gasteiger partial charge in [0.25, 0.3) is 0 Å². The van der Waals surface area contributed by atoms with E-state index in [1.807, 2.05) is 13.8 Å². The van der Waals surface area contributed by atoms with E-state index in [9.17, 15) is 8.78 Å². The highest BCUT2D eigenvalue weighted by molar-refractivity contribution is 5.18. The first-order valence-corrected chi connectivity index (χ1v) is 5.24. The van der Waals surface area contributed by atoms with Gasteiger partial charge < -0.3 is 10.4 Å². The molecule has 0 aliphatic heterocycles. The Morgan fingerprint density at radius 3 is 2.56 bits per heavy atom. The number of hydrogen-bond donors (Lipinski definition) is 2. The van der Waals surface area contributed by atoms with Crippen molar-refractivity contribution < 1.29 is 13.9 Å². The molecule has 0 saturated carbocycles. The van der Waals surface area contributed by atoms with E-state index in [2.05, 4.69) is 5.32 Å². The predicted molar refractivity (Wildman–Crippen MR) is 59.2 cm³/mol. The summed E-state index contributed by atoms with van der Waals surface area (Å²) in [6.07, 6.45) is 0.468. The van der Waals surface area contributed by atoms with Crippen molar-refractivity contribution in [2.24, 2.45) is 0 Å². The van der Waals surface area contributed by atoms with Gasteiger partial charge in [-0.25, -0.2) is 8.78 Å². The second-order valence-corrected chi connectivity index (χ2v) is 4.45. The number of rotatable bonds is 5. The summed E-state index contributed by atoms with van der Waals surface area (Å²) in [5.74, 6) is -1.09. The molecular formula is C12H17F2NO. The van der Waals surface area contributed by atoms with Crippen molar-refractivity contribution in [2.45, 2.75) is 25.8 Å². The zero-order valence-electron chi connectivity index (χ0n) is 9.56. The van der Waals surface area contributed by atoms with Gasteiger partial charge in [0, 0.05) is 11.6 Å². The van der Waals surface area contributed by atoms with Crippen molar-refractivity contribution in [3.63, 3.8) is 0 Å². The van der Waals surface area contributed by atoms with Crippen LogP contribution in [0.1, 0.15) is 19.4 Å². The minimum atomic E-state index is -0.565. The zero-order valence-corrected chi connectivity index (χ0v) is 9.56. The van der Waals surface area contributed by atoms with E-state index < -0.39 is 11.6 Å². The van der Waals surface area contributed by atoms with Crippen LogP contribution >= 0.6 is 0 Å². The molecule has 0 unspecified atom stereocenters. The zero-order chi connectivity index (χ0) is 12.2. The molecule has 0 aliphatic rings. The van der Waals surface area contributed by atoms with Gasteiger partial charge in [0.15, 0.2) is 0 Å². The first-order chi connectivity index (χ1) is 7.44. The highest BCUT2D eigenvalue weighted by Gasteiger charge is 2.14. The van der Waals surface area contributed by atoms with E-state index in [0.717, 1.165) is 6.07 Å². The maximum Gasteiger partial charge on any atom is 0.129 e. The van der Waals surface area contributed by atoms with Gasteiger partial charge >= 0.3 is 0 Å². The summed E-state index contributed by atoms with van der Waals surface area (Å²) in [4.78, 5) is 0. The molecule has 4 heteroatoms. The van der Waals surface area contributed by atoms with Crippen LogP contribution in [0.2, 0.25) is 0 Å². The van der Waals surface area contributed by atoms with Gasteiger partial charge in [0.2, 0.25) is 0 Å². The van der Waals surface area contributed by atoms with Gasteiger partial charge in [-0.3, -0.25) is 0 Å². The number of halogens is 2. The molecule has 1 aromatic carbocycles. The third kappa shape index (κ3) is 3.87. The molecule has 0 atom stereocenters. The molecule has 0 bridgehead atoms. The number of aliphatic hydroxyl groups is 1. The molecule has 0 aromatic heterocycles. The Hall–Kier alpha value is -1.00. The molecule has 0 spiro atoms. The fourth-order valence-electron chi connectivity index (χ4n) is 1.32. The average Bonchev–Trinajstić information content (AvgIpc) is 2.21. The molecule has 1 rings (SSSR count). The lowest BCUT2D eigenvalue weighted by molar-refractivity contribution is 0.189. The quantitative estimate of drug-likeness (QED) is 0.807. The van der Waals surface area contributed by atoms with E-state index in [0.29, 0.717) is 18.5 Å². The van der Waals surface area contributed by atoms with Crippen molar-refractivity contribution in [3.8, 4) is 0 Å². The minimum Gasteiger partial charge on any atom is -0.394 e. The highest BCUT2D eigenvalue weighted by Crippen LogP contribution is 2.10. The lowest BCUT2D eigenvalue weighted by atomic mass is 10.1. The first kappa shape index (κ1) is 13.1. The Balaban J connectivity index is 2.49. The maximum absolute atomic E-state index is 13.2. The van der Waals surface area contributed by atoms with Crippen LogP contribution in [-0.2, 0) is 6.42 Å². The van der Waals surface area contributed by atoms with Crippen molar-refractivity contribution in [1.82, 2.24) is 5.32 Å². The summed E-state index contributed by atoms with van der Waals surface area (Å²) >= 11 is 0. The van der Waals surface area contributed by atoms with Gasteiger partial charge in [-0.2, -0.15) is 0 Å². The summed E-state index contributed by atoms with van der Waals surface area (Å²) < 4.78 is 25.9. The Morgan fingerprint density at radius 2 is 2.00 bits per heavy atom.